The molecule has 0 aliphatic heterocycles. The van der Waals surface area contributed by atoms with Crippen LogP contribution in [0.25, 0.3) is 0 Å². The van der Waals surface area contributed by atoms with Crippen LogP contribution in [0.3, 0.4) is 0 Å². The van der Waals surface area contributed by atoms with Crippen molar-refractivity contribution in [2.45, 2.75) is 24.7 Å². The number of benzene rings is 2. The van der Waals surface area contributed by atoms with Gasteiger partial charge in [0.25, 0.3) is 5.91 Å². The maximum absolute atomic E-state index is 13.6. The summed E-state index contributed by atoms with van der Waals surface area (Å²) >= 11 is 11.8. The van der Waals surface area contributed by atoms with Gasteiger partial charge in [0.1, 0.15) is 5.82 Å². The largest absolute Gasteiger partial charge is 0.455 e. The van der Waals surface area contributed by atoms with Gasteiger partial charge in [0, 0.05) is 10.0 Å². The number of anilines is 1. The third-order valence-electron chi connectivity index (χ3n) is 4.51. The average molecular weight is 396 g/mol. The summed E-state index contributed by atoms with van der Waals surface area (Å²) in [6.45, 7) is -0.507. The number of esters is 1. The highest BCUT2D eigenvalue weighted by atomic mass is 35.5. The molecule has 1 aliphatic carbocycles. The Morgan fingerprint density at radius 1 is 1.12 bits per heavy atom. The fourth-order valence-electron chi connectivity index (χ4n) is 2.98. The first-order chi connectivity index (χ1) is 12.4. The molecule has 0 atom stereocenters. The lowest BCUT2D eigenvalue weighted by molar-refractivity contribution is -0.156. The number of amides is 1. The summed E-state index contributed by atoms with van der Waals surface area (Å²) in [5, 5.41) is 3.17. The number of rotatable bonds is 5. The second kappa shape index (κ2) is 7.64. The summed E-state index contributed by atoms with van der Waals surface area (Å²) in [5.74, 6) is -1.74. The van der Waals surface area contributed by atoms with Crippen molar-refractivity contribution < 1.29 is 18.7 Å². The summed E-state index contributed by atoms with van der Waals surface area (Å²) in [4.78, 5) is 24.6. The number of hydrogen-bond donors (Lipinski definition) is 1. The molecule has 1 saturated carbocycles. The number of halogens is 3. The third kappa shape index (κ3) is 3.84. The van der Waals surface area contributed by atoms with Gasteiger partial charge in [-0.1, -0.05) is 41.8 Å². The molecule has 136 valence electrons. The van der Waals surface area contributed by atoms with E-state index in [4.69, 9.17) is 27.9 Å². The quantitative estimate of drug-likeness (QED) is 0.744. The number of carbonyl (C=O) groups excluding carboxylic acids is 2. The van der Waals surface area contributed by atoms with E-state index < -0.39 is 29.7 Å². The second-order valence-corrected chi connectivity index (χ2v) is 7.07. The van der Waals surface area contributed by atoms with Gasteiger partial charge in [0.2, 0.25) is 0 Å². The summed E-state index contributed by atoms with van der Waals surface area (Å²) in [6, 6.07) is 10.9. The Bertz CT molecular complexity index is 852. The van der Waals surface area contributed by atoms with Crippen LogP contribution < -0.4 is 5.32 Å². The van der Waals surface area contributed by atoms with Crippen LogP contribution >= 0.6 is 23.2 Å². The van der Waals surface area contributed by atoms with Crippen LogP contribution in [0, 0.1) is 5.82 Å². The fraction of sp³-hybridized carbons (Fsp3) is 0.263. The molecule has 26 heavy (non-hydrogen) atoms. The van der Waals surface area contributed by atoms with Crippen molar-refractivity contribution in [3.05, 3.63) is 63.9 Å². The predicted octanol–water partition coefficient (Wildman–Crippen LogP) is 4.74. The molecule has 0 heterocycles. The Morgan fingerprint density at radius 2 is 1.85 bits per heavy atom. The van der Waals surface area contributed by atoms with Crippen molar-refractivity contribution in [2.75, 3.05) is 11.9 Å². The van der Waals surface area contributed by atoms with Crippen molar-refractivity contribution in [1.82, 2.24) is 0 Å². The van der Waals surface area contributed by atoms with Crippen LogP contribution in [0.5, 0.6) is 0 Å². The Balaban J connectivity index is 1.64. The van der Waals surface area contributed by atoms with Crippen LogP contribution in [0.2, 0.25) is 10.0 Å². The lowest BCUT2D eigenvalue weighted by atomic mass is 9.64. The van der Waals surface area contributed by atoms with E-state index in [2.05, 4.69) is 5.32 Å². The van der Waals surface area contributed by atoms with Gasteiger partial charge in [-0.05, 0) is 48.7 Å². The molecule has 1 aliphatic rings. The van der Waals surface area contributed by atoms with Crippen LogP contribution in [0.1, 0.15) is 24.8 Å². The van der Waals surface area contributed by atoms with Gasteiger partial charge in [-0.3, -0.25) is 9.59 Å². The molecule has 1 N–H and O–H groups in total. The normalized spacial score (nSPS) is 15.0. The fourth-order valence-corrected chi connectivity index (χ4v) is 3.34. The lowest BCUT2D eigenvalue weighted by Gasteiger charge is -2.39. The van der Waals surface area contributed by atoms with Crippen molar-refractivity contribution in [3.63, 3.8) is 0 Å². The Hall–Kier alpha value is -2.11. The maximum atomic E-state index is 13.6. The smallest absolute Gasteiger partial charge is 0.317 e. The third-order valence-corrected chi connectivity index (χ3v) is 4.98. The standard InChI is InChI=1S/C19H16Cl2FNO3/c20-13-4-1-3-12(9-13)19(7-2-8-19)18(25)26-11-17(24)23-16-10-14(21)5-6-15(16)22/h1,3-6,9-10H,2,7-8,11H2,(H,23,24). The minimum absolute atomic E-state index is 0.0632. The van der Waals surface area contributed by atoms with Crippen LogP contribution in [0.4, 0.5) is 10.1 Å². The van der Waals surface area contributed by atoms with Crippen molar-refractivity contribution in [2.24, 2.45) is 0 Å². The molecule has 0 aromatic heterocycles. The number of ether oxygens (including phenoxy) is 1. The summed E-state index contributed by atoms with van der Waals surface area (Å²) in [5.41, 5.74) is -0.0544. The number of hydrogen-bond acceptors (Lipinski definition) is 3. The average Bonchev–Trinajstić information content (AvgIpc) is 2.55. The van der Waals surface area contributed by atoms with Gasteiger partial charge in [-0.2, -0.15) is 0 Å². The SMILES string of the molecule is O=C(COC(=O)C1(c2cccc(Cl)c2)CCC1)Nc1cc(Cl)ccc1F. The van der Waals surface area contributed by atoms with Gasteiger partial charge >= 0.3 is 5.97 Å². The Labute approximate surface area is 160 Å². The molecule has 3 rings (SSSR count). The van der Waals surface area contributed by atoms with E-state index in [1.165, 1.54) is 12.1 Å². The maximum Gasteiger partial charge on any atom is 0.317 e. The molecule has 1 amide bonds. The lowest BCUT2D eigenvalue weighted by Crippen LogP contribution is -2.44. The summed E-state index contributed by atoms with van der Waals surface area (Å²) in [6.07, 6.45) is 2.16. The zero-order valence-corrected chi connectivity index (χ0v) is 15.2. The van der Waals surface area contributed by atoms with E-state index in [9.17, 15) is 14.0 Å². The van der Waals surface area contributed by atoms with Crippen LogP contribution in [-0.4, -0.2) is 18.5 Å². The zero-order chi connectivity index (χ0) is 18.7. The molecule has 4 nitrogen and oxygen atoms in total. The van der Waals surface area contributed by atoms with Crippen LogP contribution in [-0.2, 0) is 19.7 Å². The molecule has 2 aromatic carbocycles. The number of nitrogens with one attached hydrogen (secondary N) is 1. The minimum atomic E-state index is -0.771. The van der Waals surface area contributed by atoms with Gasteiger partial charge in [-0.25, -0.2) is 4.39 Å². The van der Waals surface area contributed by atoms with E-state index in [1.54, 1.807) is 18.2 Å². The summed E-state index contributed by atoms with van der Waals surface area (Å²) in [7, 11) is 0. The molecule has 0 bridgehead atoms. The highest BCUT2D eigenvalue weighted by Crippen LogP contribution is 2.45. The Kier molecular flexibility index (Phi) is 5.49. The molecule has 0 spiro atoms. The monoisotopic (exact) mass is 395 g/mol. The van der Waals surface area contributed by atoms with Gasteiger partial charge < -0.3 is 10.1 Å². The molecule has 0 saturated heterocycles. The first-order valence-corrected chi connectivity index (χ1v) is 8.84. The molecular formula is C19H16Cl2FNO3. The topological polar surface area (TPSA) is 55.4 Å². The zero-order valence-electron chi connectivity index (χ0n) is 13.7. The van der Waals surface area contributed by atoms with E-state index >= 15 is 0 Å². The molecule has 0 unspecified atom stereocenters. The summed E-state index contributed by atoms with van der Waals surface area (Å²) < 4.78 is 18.8. The van der Waals surface area contributed by atoms with Gasteiger partial charge in [-0.15, -0.1) is 0 Å². The van der Waals surface area contributed by atoms with E-state index in [-0.39, 0.29) is 10.7 Å². The second-order valence-electron chi connectivity index (χ2n) is 6.19. The van der Waals surface area contributed by atoms with E-state index in [1.807, 2.05) is 6.07 Å². The minimum Gasteiger partial charge on any atom is -0.455 e. The molecule has 2 aromatic rings. The highest BCUT2D eigenvalue weighted by molar-refractivity contribution is 6.31. The molecule has 1 fully saturated rings. The molecule has 0 radical (unpaired) electrons. The van der Waals surface area contributed by atoms with Crippen molar-refractivity contribution in [3.8, 4) is 0 Å². The van der Waals surface area contributed by atoms with Gasteiger partial charge in [0.05, 0.1) is 11.1 Å². The predicted molar refractivity (Wildman–Crippen MR) is 98.0 cm³/mol. The van der Waals surface area contributed by atoms with Crippen molar-refractivity contribution >= 4 is 40.8 Å². The molecule has 7 heteroatoms. The number of carbonyl (C=O) groups is 2. The molecular weight excluding hydrogens is 380 g/mol. The van der Waals surface area contributed by atoms with Gasteiger partial charge in [0.15, 0.2) is 6.61 Å². The first kappa shape index (κ1) is 18.7. The van der Waals surface area contributed by atoms with E-state index in [0.29, 0.717) is 17.9 Å². The van der Waals surface area contributed by atoms with Crippen molar-refractivity contribution in [1.29, 1.82) is 0 Å². The Morgan fingerprint density at radius 3 is 2.50 bits per heavy atom. The first-order valence-electron chi connectivity index (χ1n) is 8.09. The van der Waals surface area contributed by atoms with E-state index in [0.717, 1.165) is 18.1 Å². The highest BCUT2D eigenvalue weighted by Gasteiger charge is 2.47. The van der Waals surface area contributed by atoms with Crippen LogP contribution in [0.15, 0.2) is 42.5 Å².